The van der Waals surface area contributed by atoms with Crippen LogP contribution in [0.1, 0.15) is 13.3 Å². The van der Waals surface area contributed by atoms with Crippen LogP contribution >= 0.6 is 34.2 Å². The van der Waals surface area contributed by atoms with Crippen molar-refractivity contribution in [3.05, 3.63) is 33.0 Å². The maximum absolute atomic E-state index is 12.5. The lowest BCUT2D eigenvalue weighted by molar-refractivity contribution is -0.137. The summed E-state index contributed by atoms with van der Waals surface area (Å²) >= 11 is 8.38. The molecule has 1 aliphatic heterocycles. The average molecular weight is 447 g/mol. The third kappa shape index (κ3) is 3.39. The van der Waals surface area contributed by atoms with Gasteiger partial charge in [-0.25, -0.2) is 0 Å². The van der Waals surface area contributed by atoms with Crippen molar-refractivity contribution < 1.29 is 14.6 Å². The van der Waals surface area contributed by atoms with Gasteiger partial charge in [-0.3, -0.25) is 9.78 Å². The lowest BCUT2D eigenvalue weighted by Gasteiger charge is -2.22. The first-order chi connectivity index (χ1) is 11.0. The van der Waals surface area contributed by atoms with E-state index in [1.165, 1.54) is 0 Å². The van der Waals surface area contributed by atoms with Crippen LogP contribution in [0.4, 0.5) is 0 Å². The Kier molecular flexibility index (Phi) is 4.93. The molecule has 0 bridgehead atoms. The van der Waals surface area contributed by atoms with E-state index < -0.39 is 12.2 Å². The van der Waals surface area contributed by atoms with Gasteiger partial charge in [-0.2, -0.15) is 0 Å². The zero-order valence-corrected chi connectivity index (χ0v) is 15.4. The van der Waals surface area contributed by atoms with Crippen LogP contribution in [0.15, 0.2) is 24.4 Å². The van der Waals surface area contributed by atoms with Crippen LogP contribution < -0.4 is 4.74 Å². The minimum absolute atomic E-state index is 0.128. The smallest absolute Gasteiger partial charge is 0.263 e. The number of aliphatic hydroxyl groups is 1. The van der Waals surface area contributed by atoms with E-state index in [9.17, 15) is 9.90 Å². The van der Waals surface area contributed by atoms with Crippen LogP contribution in [-0.4, -0.2) is 46.2 Å². The highest BCUT2D eigenvalue weighted by atomic mass is 127. The molecule has 2 atom stereocenters. The average Bonchev–Trinajstić information content (AvgIpc) is 2.97. The first-order valence-electron chi connectivity index (χ1n) is 7.33. The molecule has 1 aromatic carbocycles. The second-order valence-corrected chi connectivity index (χ2v) is 7.13. The van der Waals surface area contributed by atoms with Crippen LogP contribution in [0.25, 0.3) is 10.9 Å². The van der Waals surface area contributed by atoms with E-state index in [2.05, 4.69) is 27.6 Å². The largest absolute Gasteiger partial charge is 0.477 e. The first-order valence-corrected chi connectivity index (χ1v) is 8.79. The van der Waals surface area contributed by atoms with Gasteiger partial charge in [-0.15, -0.1) is 0 Å². The number of hydrogen-bond donors (Lipinski definition) is 1. The van der Waals surface area contributed by atoms with Crippen LogP contribution in [0.2, 0.25) is 5.02 Å². The Bertz CT molecular complexity index is 755. The summed E-state index contributed by atoms with van der Waals surface area (Å²) in [6.45, 7) is 2.64. The number of amides is 1. The van der Waals surface area contributed by atoms with Gasteiger partial charge in [0.1, 0.15) is 5.52 Å². The van der Waals surface area contributed by atoms with Crippen molar-refractivity contribution in [2.75, 3.05) is 13.1 Å². The van der Waals surface area contributed by atoms with E-state index in [0.717, 1.165) is 8.96 Å². The quantitative estimate of drug-likeness (QED) is 0.737. The van der Waals surface area contributed by atoms with Crippen LogP contribution in [0.3, 0.4) is 0 Å². The Labute approximate surface area is 152 Å². The van der Waals surface area contributed by atoms with Crippen molar-refractivity contribution in [3.8, 4) is 5.75 Å². The molecule has 0 radical (unpaired) electrons. The number of ether oxygens (including phenoxy) is 1. The molecule has 3 rings (SSSR count). The second-order valence-electron chi connectivity index (χ2n) is 5.56. The van der Waals surface area contributed by atoms with Crippen molar-refractivity contribution in [1.82, 2.24) is 9.88 Å². The Morgan fingerprint density at radius 1 is 1.61 bits per heavy atom. The summed E-state index contributed by atoms with van der Waals surface area (Å²) in [6, 6.07) is 5.49. The number of aliphatic hydroxyl groups excluding tert-OH is 1. The Morgan fingerprint density at radius 2 is 2.39 bits per heavy atom. The fourth-order valence-electron chi connectivity index (χ4n) is 2.69. The van der Waals surface area contributed by atoms with Gasteiger partial charge >= 0.3 is 0 Å². The molecule has 5 nitrogen and oxygen atoms in total. The summed E-state index contributed by atoms with van der Waals surface area (Å²) in [5, 5.41) is 11.0. The third-order valence-electron chi connectivity index (χ3n) is 3.87. The topological polar surface area (TPSA) is 62.7 Å². The number of carbonyl (C=O) groups excluding carboxylic acids is 1. The highest BCUT2D eigenvalue weighted by molar-refractivity contribution is 14.1. The zero-order valence-electron chi connectivity index (χ0n) is 12.5. The van der Waals surface area contributed by atoms with Gasteiger partial charge in [-0.05, 0) is 54.1 Å². The molecule has 1 aromatic heterocycles. The molecule has 0 aliphatic carbocycles. The van der Waals surface area contributed by atoms with Gasteiger partial charge in [0.05, 0.1) is 14.7 Å². The van der Waals surface area contributed by atoms with Crippen molar-refractivity contribution in [2.45, 2.75) is 25.6 Å². The van der Waals surface area contributed by atoms with E-state index in [1.807, 2.05) is 12.1 Å². The molecule has 1 fully saturated rings. The number of benzene rings is 1. The molecule has 1 saturated heterocycles. The van der Waals surface area contributed by atoms with Crippen molar-refractivity contribution in [2.24, 2.45) is 0 Å². The molecule has 0 saturated carbocycles. The number of hydrogen-bond acceptors (Lipinski definition) is 4. The number of nitrogens with zero attached hydrogens (tertiary/aromatic N) is 2. The lowest BCUT2D eigenvalue weighted by atomic mass is 10.2. The zero-order chi connectivity index (χ0) is 16.6. The summed E-state index contributed by atoms with van der Waals surface area (Å²) in [6.07, 6.45) is 1.19. The molecule has 0 unspecified atom stereocenters. The normalized spacial score (nSPS) is 19.1. The van der Waals surface area contributed by atoms with Crippen LogP contribution in [0.5, 0.6) is 5.75 Å². The molecule has 7 heteroatoms. The van der Waals surface area contributed by atoms with Crippen molar-refractivity contribution >= 4 is 51.0 Å². The number of carbonyl (C=O) groups is 1. The third-order valence-corrected chi connectivity index (χ3v) is 4.98. The number of rotatable bonds is 3. The van der Waals surface area contributed by atoms with Crippen LogP contribution in [0, 0.1) is 3.57 Å². The Balaban J connectivity index is 1.88. The maximum atomic E-state index is 12.5. The molecule has 23 heavy (non-hydrogen) atoms. The van der Waals surface area contributed by atoms with E-state index in [1.54, 1.807) is 24.1 Å². The first kappa shape index (κ1) is 16.7. The summed E-state index contributed by atoms with van der Waals surface area (Å²) in [4.78, 5) is 18.4. The van der Waals surface area contributed by atoms with Crippen molar-refractivity contribution in [1.29, 1.82) is 0 Å². The van der Waals surface area contributed by atoms with E-state index >= 15 is 0 Å². The molecular weight excluding hydrogens is 431 g/mol. The maximum Gasteiger partial charge on any atom is 0.263 e. The van der Waals surface area contributed by atoms with Crippen LogP contribution in [-0.2, 0) is 4.79 Å². The standard InChI is InChI=1S/C16H16ClIN2O3/c1-9(16(22)20-6-4-10(21)8-20)23-15-13(18)7-12(17)11-3-2-5-19-14(11)15/h2-3,5,7,9-10,21H,4,6,8H2,1H3/t9-,10+/m0/s1. The monoisotopic (exact) mass is 446 g/mol. The summed E-state index contributed by atoms with van der Waals surface area (Å²) < 4.78 is 6.73. The minimum atomic E-state index is -0.653. The number of fused-ring (bicyclic) bond motifs is 1. The lowest BCUT2D eigenvalue weighted by Crippen LogP contribution is -2.39. The predicted octanol–water partition coefficient (Wildman–Crippen LogP) is 2.85. The number of likely N-dealkylation sites (tertiary alicyclic amines) is 1. The second kappa shape index (κ2) is 6.78. The predicted molar refractivity (Wildman–Crippen MR) is 96.8 cm³/mol. The Morgan fingerprint density at radius 3 is 3.09 bits per heavy atom. The minimum Gasteiger partial charge on any atom is -0.477 e. The highest BCUT2D eigenvalue weighted by Gasteiger charge is 2.29. The molecule has 0 spiro atoms. The molecule has 2 aromatic rings. The highest BCUT2D eigenvalue weighted by Crippen LogP contribution is 2.35. The summed E-state index contributed by atoms with van der Waals surface area (Å²) in [5.41, 5.74) is 0.644. The van der Waals surface area contributed by atoms with Crippen molar-refractivity contribution in [3.63, 3.8) is 0 Å². The Hall–Kier alpha value is -1.12. The van der Waals surface area contributed by atoms with E-state index in [-0.39, 0.29) is 5.91 Å². The number of halogens is 2. The fourth-order valence-corrected chi connectivity index (χ4v) is 3.82. The molecular formula is C16H16ClIN2O3. The SMILES string of the molecule is C[C@H](Oc1c(I)cc(Cl)c2cccnc12)C(=O)N1CC[C@@H](O)C1. The summed E-state index contributed by atoms with van der Waals surface area (Å²) in [7, 11) is 0. The van der Waals surface area contributed by atoms with Gasteiger partial charge in [-0.1, -0.05) is 11.6 Å². The molecule has 1 N–H and O–H groups in total. The molecule has 122 valence electrons. The molecule has 1 amide bonds. The number of pyridine rings is 1. The molecule has 1 aliphatic rings. The van der Waals surface area contributed by atoms with Gasteiger partial charge < -0.3 is 14.7 Å². The van der Waals surface area contributed by atoms with Gasteiger partial charge in [0.25, 0.3) is 5.91 Å². The van der Waals surface area contributed by atoms with Gasteiger partial charge in [0.2, 0.25) is 0 Å². The fraction of sp³-hybridized carbons (Fsp3) is 0.375. The number of aromatic nitrogens is 1. The molecule has 2 heterocycles. The number of β-amino-alcohol motifs (C(OH)–C–C–N with tert-alkyl or cyclic N) is 1. The van der Waals surface area contributed by atoms with E-state index in [0.29, 0.717) is 35.8 Å². The van der Waals surface area contributed by atoms with E-state index in [4.69, 9.17) is 16.3 Å². The van der Waals surface area contributed by atoms with Gasteiger partial charge in [0.15, 0.2) is 11.9 Å². The summed E-state index contributed by atoms with van der Waals surface area (Å²) in [5.74, 6) is 0.433. The van der Waals surface area contributed by atoms with Gasteiger partial charge in [0, 0.05) is 24.7 Å².